The topological polar surface area (TPSA) is 66.0 Å². The van der Waals surface area contributed by atoms with Gasteiger partial charge in [-0.15, -0.1) is 0 Å². The lowest BCUT2D eigenvalue weighted by molar-refractivity contribution is -0.186. The summed E-state index contributed by atoms with van der Waals surface area (Å²) in [6.07, 6.45) is 5.66. The minimum Gasteiger partial charge on any atom is -0.429 e. The van der Waals surface area contributed by atoms with Crippen LogP contribution in [0.2, 0.25) is 0 Å². The van der Waals surface area contributed by atoms with Crippen LogP contribution in [0.3, 0.4) is 0 Å². The van der Waals surface area contributed by atoms with Crippen LogP contribution in [-0.2, 0) is 12.2 Å². The summed E-state index contributed by atoms with van der Waals surface area (Å²) in [7, 11) is 0. The summed E-state index contributed by atoms with van der Waals surface area (Å²) in [4.78, 5) is 0. The molecule has 0 amide bonds. The number of rotatable bonds is 11. The minimum atomic E-state index is -3.59. The molecule has 0 radical (unpaired) electrons. The molecule has 0 unspecified atom stereocenters. The van der Waals surface area contributed by atoms with Gasteiger partial charge in [0.2, 0.25) is 0 Å². The van der Waals surface area contributed by atoms with Crippen molar-refractivity contribution >= 4 is 0 Å². The molecule has 4 aromatic carbocycles. The van der Waals surface area contributed by atoms with Gasteiger partial charge in [-0.3, -0.25) is 0 Å². The fourth-order valence-electron chi connectivity index (χ4n) is 7.71. The Morgan fingerprint density at radius 1 is 0.564 bits per heavy atom. The molecule has 0 atom stereocenters. The first-order chi connectivity index (χ1) is 26.3. The first-order valence-electron chi connectivity index (χ1n) is 19.1. The van der Waals surface area contributed by atoms with Crippen LogP contribution in [0.15, 0.2) is 84.9 Å². The van der Waals surface area contributed by atoms with Gasteiger partial charge < -0.3 is 9.47 Å². The fraction of sp³-hybridized carbons (Fsp3) is 0.422. The Balaban J connectivity index is 0.000000211. The molecule has 0 heterocycles. The first kappa shape index (κ1) is 41.2. The van der Waals surface area contributed by atoms with E-state index in [1.807, 2.05) is 0 Å². The van der Waals surface area contributed by atoms with E-state index >= 15 is 0 Å². The molecule has 2 aliphatic rings. The second-order valence-corrected chi connectivity index (χ2v) is 14.6. The monoisotopic (exact) mass is 760 g/mol. The Hall–Kier alpha value is -4.96. The summed E-state index contributed by atoms with van der Waals surface area (Å²) in [6.45, 7) is 4.42. The van der Waals surface area contributed by atoms with Crippen LogP contribution in [0, 0.1) is 46.1 Å². The van der Waals surface area contributed by atoms with Gasteiger partial charge in [-0.1, -0.05) is 57.4 Å². The molecule has 0 spiro atoms. The number of ether oxygens (including phenoxy) is 2. The van der Waals surface area contributed by atoms with Crippen LogP contribution < -0.4 is 9.47 Å². The van der Waals surface area contributed by atoms with E-state index in [2.05, 4.69) is 13.8 Å². The van der Waals surface area contributed by atoms with Gasteiger partial charge in [0.25, 0.3) is 0 Å². The Bertz CT molecular complexity index is 1940. The van der Waals surface area contributed by atoms with E-state index in [0.29, 0.717) is 11.8 Å². The van der Waals surface area contributed by atoms with Gasteiger partial charge in [-0.25, -0.2) is 8.78 Å². The van der Waals surface area contributed by atoms with Gasteiger partial charge in [0.15, 0.2) is 0 Å². The lowest BCUT2D eigenvalue weighted by Gasteiger charge is -2.29. The predicted molar refractivity (Wildman–Crippen MR) is 199 cm³/mol. The largest absolute Gasteiger partial charge is 0.429 e. The van der Waals surface area contributed by atoms with Crippen LogP contribution in [-0.4, -0.2) is 0 Å². The average molecular weight is 761 g/mol. The van der Waals surface area contributed by atoms with E-state index in [0.717, 1.165) is 79.0 Å². The van der Waals surface area contributed by atoms with Crippen LogP contribution in [0.1, 0.15) is 130 Å². The van der Waals surface area contributed by atoms with Crippen LogP contribution in [0.25, 0.3) is 0 Å². The molecule has 4 nitrogen and oxygen atoms in total. The van der Waals surface area contributed by atoms with Crippen molar-refractivity contribution in [2.24, 2.45) is 11.8 Å². The van der Waals surface area contributed by atoms with Crippen LogP contribution in [0.5, 0.6) is 11.5 Å². The zero-order chi connectivity index (χ0) is 39.6. The Morgan fingerprint density at radius 2 is 0.945 bits per heavy atom. The number of nitrogens with zero attached hydrogens (tertiary/aromatic N) is 2. The van der Waals surface area contributed by atoms with Crippen LogP contribution >= 0.6 is 0 Å². The van der Waals surface area contributed by atoms with Crippen molar-refractivity contribution in [3.05, 3.63) is 130 Å². The zero-order valence-electron chi connectivity index (χ0n) is 31.1. The molecule has 0 N–H and O–H groups in total. The second-order valence-electron chi connectivity index (χ2n) is 14.6. The van der Waals surface area contributed by atoms with E-state index in [-0.39, 0.29) is 33.8 Å². The Morgan fingerprint density at radius 3 is 1.27 bits per heavy atom. The van der Waals surface area contributed by atoms with Crippen molar-refractivity contribution in [3.63, 3.8) is 0 Å². The Labute approximate surface area is 319 Å². The lowest BCUT2D eigenvalue weighted by Crippen LogP contribution is -2.22. The number of nitriles is 2. The highest BCUT2D eigenvalue weighted by molar-refractivity contribution is 5.38. The second kappa shape index (κ2) is 18.6. The van der Waals surface area contributed by atoms with E-state index in [4.69, 9.17) is 20.0 Å². The van der Waals surface area contributed by atoms with Gasteiger partial charge in [0, 0.05) is 12.1 Å². The molecular formula is C45H46F6N2O2. The van der Waals surface area contributed by atoms with Crippen molar-refractivity contribution in [3.8, 4) is 23.6 Å². The summed E-state index contributed by atoms with van der Waals surface area (Å²) < 4.78 is 94.4. The van der Waals surface area contributed by atoms with Crippen LogP contribution in [0.4, 0.5) is 26.3 Å². The van der Waals surface area contributed by atoms with Gasteiger partial charge >= 0.3 is 12.2 Å². The van der Waals surface area contributed by atoms with Crippen molar-refractivity contribution in [2.45, 2.75) is 109 Å². The molecule has 0 bridgehead atoms. The molecule has 2 fully saturated rings. The third-order valence-electron chi connectivity index (χ3n) is 11.0. The first-order valence-corrected chi connectivity index (χ1v) is 19.1. The molecule has 0 aromatic heterocycles. The van der Waals surface area contributed by atoms with Gasteiger partial charge in [-0.05, 0) is 135 Å². The molecule has 290 valence electrons. The predicted octanol–water partition coefficient (Wildman–Crippen LogP) is 13.4. The minimum absolute atomic E-state index is 0.214. The maximum atomic E-state index is 14.5. The molecule has 4 aromatic rings. The van der Waals surface area contributed by atoms with E-state index in [1.54, 1.807) is 36.4 Å². The van der Waals surface area contributed by atoms with Crippen molar-refractivity contribution < 1.29 is 35.8 Å². The third kappa shape index (κ3) is 10.8. The highest BCUT2D eigenvalue weighted by Gasteiger charge is 2.36. The highest BCUT2D eigenvalue weighted by atomic mass is 19.3. The molecule has 10 heteroatoms. The van der Waals surface area contributed by atoms with E-state index in [1.165, 1.54) is 75.3 Å². The molecule has 2 saturated carbocycles. The summed E-state index contributed by atoms with van der Waals surface area (Å²) in [5.41, 5.74) is 1.17. The molecule has 2 aliphatic carbocycles. The molecular weight excluding hydrogens is 714 g/mol. The summed E-state index contributed by atoms with van der Waals surface area (Å²) in [5.74, 6) is 0.0115. The maximum absolute atomic E-state index is 14.5. The SMILES string of the molecule is CCC1CCC(c2ccc(C(F)(F)Oc3ccc(C#N)c(F)c3)cc2)CC1.CCCC1CCC(c2ccc(C(F)(F)Oc3ccc(C#N)c(F)c3)cc2)CC1. The molecule has 6 rings (SSSR count). The normalized spacial score (nSPS) is 20.0. The zero-order valence-corrected chi connectivity index (χ0v) is 31.1. The molecule has 55 heavy (non-hydrogen) atoms. The molecule has 0 saturated heterocycles. The number of alkyl halides is 4. The fourth-order valence-corrected chi connectivity index (χ4v) is 7.71. The average Bonchev–Trinajstić information content (AvgIpc) is 3.19. The number of hydrogen-bond acceptors (Lipinski definition) is 4. The smallest absolute Gasteiger partial charge is 0.426 e. The number of hydrogen-bond donors (Lipinski definition) is 0. The Kier molecular flexibility index (Phi) is 13.9. The molecule has 0 aliphatic heterocycles. The quantitative estimate of drug-likeness (QED) is 0.143. The summed E-state index contributed by atoms with van der Waals surface area (Å²) in [6, 6.07) is 22.0. The van der Waals surface area contributed by atoms with E-state index < -0.39 is 23.9 Å². The highest BCUT2D eigenvalue weighted by Crippen LogP contribution is 2.40. The van der Waals surface area contributed by atoms with Crippen molar-refractivity contribution in [2.75, 3.05) is 0 Å². The van der Waals surface area contributed by atoms with E-state index in [9.17, 15) is 26.3 Å². The number of halogens is 6. The summed E-state index contributed by atoms with van der Waals surface area (Å²) in [5, 5.41) is 17.4. The third-order valence-corrected chi connectivity index (χ3v) is 11.0. The summed E-state index contributed by atoms with van der Waals surface area (Å²) >= 11 is 0. The van der Waals surface area contributed by atoms with Gasteiger partial charge in [-0.2, -0.15) is 28.1 Å². The van der Waals surface area contributed by atoms with Gasteiger partial charge in [0.1, 0.15) is 35.3 Å². The van der Waals surface area contributed by atoms with Crippen molar-refractivity contribution in [1.82, 2.24) is 0 Å². The lowest BCUT2D eigenvalue weighted by atomic mass is 9.77. The standard InChI is InChI=1S/C23H24F3NO.C22H22F3NO/c1-2-3-16-4-6-17(7-5-16)18-8-11-20(12-9-18)23(25,26)28-21-13-10-19(15-27)22(24)14-21;1-2-15-3-5-16(6-4-15)17-7-10-19(11-8-17)22(24,25)27-20-12-9-18(14-26)21(23)13-20/h8-14,16-17H,2-7H2,1H3;7-13,15-16H,2-6H2,1H3. The maximum Gasteiger partial charge on any atom is 0.426 e. The van der Waals surface area contributed by atoms with Gasteiger partial charge in [0.05, 0.1) is 22.3 Å². The number of benzene rings is 4. The van der Waals surface area contributed by atoms with Crippen molar-refractivity contribution in [1.29, 1.82) is 10.5 Å².